The Labute approximate surface area is 306 Å². The number of aryl methyl sites for hydroxylation is 2. The molecule has 0 saturated carbocycles. The molecular weight excluding hydrogens is 617 g/mol. The molecule has 6 aromatic carbocycles. The lowest BCUT2D eigenvalue weighted by molar-refractivity contribution is 0.667. The van der Waals surface area contributed by atoms with Gasteiger partial charge < -0.3 is 9.80 Å². The number of nitrogens with zero attached hydrogens (tertiary/aromatic N) is 2. The molecule has 1 aliphatic carbocycles. The van der Waals surface area contributed by atoms with Gasteiger partial charge in [-0.2, -0.15) is 0 Å². The number of hydrogen-bond acceptors (Lipinski definition) is 2. The number of rotatable bonds is 16. The number of fused-ring (bicyclic) bond motifs is 3. The van der Waals surface area contributed by atoms with E-state index in [4.69, 9.17) is 0 Å². The van der Waals surface area contributed by atoms with E-state index in [1.54, 1.807) is 0 Å². The largest absolute Gasteiger partial charge is 0.310 e. The van der Waals surface area contributed by atoms with E-state index in [-0.39, 0.29) is 0 Å². The Bertz CT molecular complexity index is 1870. The van der Waals surface area contributed by atoms with Crippen LogP contribution in [0, 0.1) is 0 Å². The Balaban J connectivity index is 1.25. The molecule has 0 heterocycles. The van der Waals surface area contributed by atoms with E-state index in [0.29, 0.717) is 0 Å². The molecule has 0 bridgehead atoms. The SMILES string of the molecule is CCCCCCc1cccc(N(c2ccccc2)c2ccc3c(c2)-c2cc(N(c4ccccc4)c4cccc(CCCCCC)c4)ccc2C3)c1. The van der Waals surface area contributed by atoms with Gasteiger partial charge in [0.25, 0.3) is 0 Å². The normalized spacial score (nSPS) is 11.6. The zero-order valence-corrected chi connectivity index (χ0v) is 30.5. The van der Waals surface area contributed by atoms with Crippen molar-refractivity contribution in [2.45, 2.75) is 84.5 Å². The zero-order chi connectivity index (χ0) is 34.8. The van der Waals surface area contributed by atoms with Crippen molar-refractivity contribution in [3.8, 4) is 11.1 Å². The predicted molar refractivity (Wildman–Crippen MR) is 220 cm³/mol. The summed E-state index contributed by atoms with van der Waals surface area (Å²) >= 11 is 0. The molecule has 7 rings (SSSR count). The van der Waals surface area contributed by atoms with Gasteiger partial charge >= 0.3 is 0 Å². The van der Waals surface area contributed by atoms with E-state index in [1.165, 1.54) is 119 Å². The molecule has 0 aromatic heterocycles. The van der Waals surface area contributed by atoms with Crippen LogP contribution < -0.4 is 9.80 Å². The average molecular weight is 669 g/mol. The second-order valence-electron chi connectivity index (χ2n) is 14.2. The van der Waals surface area contributed by atoms with Crippen molar-refractivity contribution in [1.82, 2.24) is 0 Å². The summed E-state index contributed by atoms with van der Waals surface area (Å²) in [6, 6.07) is 54.2. The highest BCUT2D eigenvalue weighted by Crippen LogP contribution is 2.45. The molecule has 0 radical (unpaired) electrons. The molecule has 0 spiro atoms. The van der Waals surface area contributed by atoms with Gasteiger partial charge in [0.1, 0.15) is 0 Å². The molecule has 0 atom stereocenters. The van der Waals surface area contributed by atoms with Crippen LogP contribution in [-0.2, 0) is 19.3 Å². The quantitative estimate of drug-likeness (QED) is 0.0946. The van der Waals surface area contributed by atoms with Crippen LogP contribution in [0.2, 0.25) is 0 Å². The smallest absolute Gasteiger partial charge is 0.0467 e. The second kappa shape index (κ2) is 16.8. The summed E-state index contributed by atoms with van der Waals surface area (Å²) in [5.74, 6) is 0. The van der Waals surface area contributed by atoms with Crippen LogP contribution in [0.25, 0.3) is 11.1 Å². The lowest BCUT2D eigenvalue weighted by Crippen LogP contribution is -2.11. The molecule has 0 saturated heterocycles. The predicted octanol–water partition coefficient (Wildman–Crippen LogP) is 14.4. The van der Waals surface area contributed by atoms with E-state index in [1.807, 2.05) is 0 Å². The van der Waals surface area contributed by atoms with Crippen LogP contribution in [-0.4, -0.2) is 0 Å². The molecule has 51 heavy (non-hydrogen) atoms. The minimum absolute atomic E-state index is 0.961. The summed E-state index contributed by atoms with van der Waals surface area (Å²) in [6.45, 7) is 4.56. The molecule has 1 aliphatic rings. The van der Waals surface area contributed by atoms with Crippen molar-refractivity contribution in [1.29, 1.82) is 0 Å². The third kappa shape index (κ3) is 8.12. The van der Waals surface area contributed by atoms with E-state index in [9.17, 15) is 0 Å². The monoisotopic (exact) mass is 668 g/mol. The van der Waals surface area contributed by atoms with Crippen molar-refractivity contribution in [2.24, 2.45) is 0 Å². The van der Waals surface area contributed by atoms with Crippen molar-refractivity contribution in [3.05, 3.63) is 168 Å². The first-order valence-corrected chi connectivity index (χ1v) is 19.4. The second-order valence-corrected chi connectivity index (χ2v) is 14.2. The Morgan fingerprint density at radius 2 is 0.784 bits per heavy atom. The maximum atomic E-state index is 2.43. The van der Waals surface area contributed by atoms with Gasteiger partial charge in [-0.1, -0.05) is 125 Å². The Kier molecular flexibility index (Phi) is 11.3. The fourth-order valence-electron chi connectivity index (χ4n) is 7.68. The van der Waals surface area contributed by atoms with Crippen molar-refractivity contribution >= 4 is 34.1 Å². The molecular formula is C49H52N2. The summed E-state index contributed by atoms with van der Waals surface area (Å²) in [6.07, 6.45) is 13.4. The lowest BCUT2D eigenvalue weighted by Gasteiger charge is -2.27. The maximum Gasteiger partial charge on any atom is 0.0467 e. The Hall–Kier alpha value is -5.08. The first-order valence-electron chi connectivity index (χ1n) is 19.4. The molecule has 0 aliphatic heterocycles. The Morgan fingerprint density at radius 3 is 1.22 bits per heavy atom. The molecule has 0 fully saturated rings. The molecule has 0 amide bonds. The van der Waals surface area contributed by atoms with Crippen LogP contribution in [0.4, 0.5) is 34.1 Å². The Morgan fingerprint density at radius 1 is 0.373 bits per heavy atom. The van der Waals surface area contributed by atoms with E-state index in [0.717, 1.165) is 19.3 Å². The van der Waals surface area contributed by atoms with Gasteiger partial charge in [0.05, 0.1) is 0 Å². The molecule has 258 valence electrons. The topological polar surface area (TPSA) is 6.48 Å². The molecule has 6 aromatic rings. The standard InChI is InChI=1S/C49H52N2/c1-3-5-7-11-19-38-21-17-27-44(33-38)50(42-23-13-9-14-24-42)46-31-29-40-35-41-30-32-47(37-49(41)48(40)36-46)51(43-25-15-10-16-26-43)45-28-18-22-39(34-45)20-12-8-6-4-2/h9-10,13-18,21-34,36-37H,3-8,11-12,19-20,35H2,1-2H3. The van der Waals surface area contributed by atoms with Gasteiger partial charge in [-0.3, -0.25) is 0 Å². The third-order valence-corrected chi connectivity index (χ3v) is 10.4. The van der Waals surface area contributed by atoms with E-state index in [2.05, 4.69) is 169 Å². The maximum absolute atomic E-state index is 2.43. The first-order chi connectivity index (χ1) is 25.2. The van der Waals surface area contributed by atoms with E-state index >= 15 is 0 Å². The molecule has 0 N–H and O–H groups in total. The van der Waals surface area contributed by atoms with Crippen LogP contribution in [0.1, 0.15) is 87.5 Å². The average Bonchev–Trinajstić information content (AvgIpc) is 3.54. The number of hydrogen-bond donors (Lipinski definition) is 0. The van der Waals surface area contributed by atoms with Gasteiger partial charge in [0.2, 0.25) is 0 Å². The number of para-hydroxylation sites is 2. The highest BCUT2D eigenvalue weighted by Gasteiger charge is 2.23. The number of benzene rings is 6. The van der Waals surface area contributed by atoms with Gasteiger partial charge in [-0.25, -0.2) is 0 Å². The summed E-state index contributed by atoms with van der Waals surface area (Å²) < 4.78 is 0. The highest BCUT2D eigenvalue weighted by molar-refractivity contribution is 5.88. The zero-order valence-electron chi connectivity index (χ0n) is 30.5. The van der Waals surface area contributed by atoms with Gasteiger partial charge in [-0.05, 0) is 138 Å². The summed E-state index contributed by atoms with van der Waals surface area (Å²) in [5, 5.41) is 0. The fourth-order valence-corrected chi connectivity index (χ4v) is 7.68. The fraction of sp³-hybridized carbons (Fsp3) is 0.265. The summed E-state index contributed by atoms with van der Waals surface area (Å²) in [7, 11) is 0. The van der Waals surface area contributed by atoms with Crippen LogP contribution >= 0.6 is 0 Å². The molecule has 2 heteroatoms. The minimum atomic E-state index is 0.961. The summed E-state index contributed by atoms with van der Waals surface area (Å²) in [5.41, 5.74) is 15.4. The lowest BCUT2D eigenvalue weighted by atomic mass is 10.0. The van der Waals surface area contributed by atoms with Crippen molar-refractivity contribution in [3.63, 3.8) is 0 Å². The van der Waals surface area contributed by atoms with Crippen LogP contribution in [0.15, 0.2) is 146 Å². The third-order valence-electron chi connectivity index (χ3n) is 10.4. The molecule has 2 nitrogen and oxygen atoms in total. The van der Waals surface area contributed by atoms with Crippen molar-refractivity contribution < 1.29 is 0 Å². The number of unbranched alkanes of at least 4 members (excludes halogenated alkanes) is 6. The van der Waals surface area contributed by atoms with Crippen LogP contribution in [0.3, 0.4) is 0 Å². The summed E-state index contributed by atoms with van der Waals surface area (Å²) in [4.78, 5) is 4.86. The van der Waals surface area contributed by atoms with Crippen molar-refractivity contribution in [2.75, 3.05) is 9.80 Å². The van der Waals surface area contributed by atoms with Crippen LogP contribution in [0.5, 0.6) is 0 Å². The minimum Gasteiger partial charge on any atom is -0.310 e. The van der Waals surface area contributed by atoms with Gasteiger partial charge in [-0.15, -0.1) is 0 Å². The van der Waals surface area contributed by atoms with E-state index < -0.39 is 0 Å². The highest BCUT2D eigenvalue weighted by atomic mass is 15.1. The first kappa shape index (κ1) is 34.4. The van der Waals surface area contributed by atoms with Gasteiger partial charge in [0, 0.05) is 34.1 Å². The number of anilines is 6. The molecule has 0 unspecified atom stereocenters. The van der Waals surface area contributed by atoms with Gasteiger partial charge in [0.15, 0.2) is 0 Å².